The molecule has 0 spiro atoms. The second-order valence-electron chi connectivity index (χ2n) is 4.17. The highest BCUT2D eigenvalue weighted by molar-refractivity contribution is 7.99. The Hall–Kier alpha value is -0.770. The van der Waals surface area contributed by atoms with Crippen LogP contribution < -0.4 is 5.32 Å². The molecule has 2 aromatic rings. The maximum Gasteiger partial charge on any atom is 0.0426 e. The smallest absolute Gasteiger partial charge is 0.0426 e. The largest absolute Gasteiger partial charge is 0.309 e. The fourth-order valence-corrected chi connectivity index (χ4v) is 3.73. The standard InChI is InChI=1S/C15H19NS2/c1-3-16-15(14-9-10-17-12(14)2)11-18-13-7-5-4-6-8-13/h4-10,15-16H,3,11H2,1-2H3. The van der Waals surface area contributed by atoms with Gasteiger partial charge in [-0.3, -0.25) is 0 Å². The van der Waals surface area contributed by atoms with Crippen molar-refractivity contribution in [2.75, 3.05) is 12.3 Å². The Morgan fingerprint density at radius 3 is 2.61 bits per heavy atom. The number of thiophene rings is 1. The molecule has 1 aromatic heterocycles. The first-order chi connectivity index (χ1) is 8.81. The second kappa shape index (κ2) is 6.98. The van der Waals surface area contributed by atoms with Crippen LogP contribution in [-0.2, 0) is 0 Å². The molecule has 0 aliphatic heterocycles. The minimum atomic E-state index is 0.450. The van der Waals surface area contributed by atoms with Crippen molar-refractivity contribution in [1.29, 1.82) is 0 Å². The molecule has 2 rings (SSSR count). The van der Waals surface area contributed by atoms with Crippen LogP contribution in [0, 0.1) is 6.92 Å². The third-order valence-electron chi connectivity index (χ3n) is 2.88. The molecule has 0 fully saturated rings. The lowest BCUT2D eigenvalue weighted by molar-refractivity contribution is 0.605. The van der Waals surface area contributed by atoms with Gasteiger partial charge in [0.25, 0.3) is 0 Å². The maximum atomic E-state index is 3.58. The Morgan fingerprint density at radius 2 is 2.00 bits per heavy atom. The molecule has 3 heteroatoms. The SMILES string of the molecule is CCNC(CSc1ccccc1)c1ccsc1C. The zero-order valence-electron chi connectivity index (χ0n) is 10.8. The summed E-state index contributed by atoms with van der Waals surface area (Å²) in [5, 5.41) is 5.76. The molecule has 1 nitrogen and oxygen atoms in total. The van der Waals surface area contributed by atoms with Crippen LogP contribution in [0.2, 0.25) is 0 Å². The highest BCUT2D eigenvalue weighted by Crippen LogP contribution is 2.28. The molecular weight excluding hydrogens is 258 g/mol. The minimum absolute atomic E-state index is 0.450. The highest BCUT2D eigenvalue weighted by atomic mass is 32.2. The number of nitrogens with one attached hydrogen (secondary N) is 1. The van der Waals surface area contributed by atoms with Gasteiger partial charge in [0.05, 0.1) is 0 Å². The fourth-order valence-electron chi connectivity index (χ4n) is 1.96. The third-order valence-corrected chi connectivity index (χ3v) is 4.85. The van der Waals surface area contributed by atoms with Gasteiger partial charge >= 0.3 is 0 Å². The maximum absolute atomic E-state index is 3.58. The van der Waals surface area contributed by atoms with E-state index in [9.17, 15) is 0 Å². The number of aryl methyl sites for hydroxylation is 1. The van der Waals surface area contributed by atoms with Crippen LogP contribution in [0.15, 0.2) is 46.7 Å². The van der Waals surface area contributed by atoms with Gasteiger partial charge in [-0.1, -0.05) is 25.1 Å². The molecule has 0 saturated heterocycles. The van der Waals surface area contributed by atoms with Gasteiger partial charge in [-0.25, -0.2) is 0 Å². The molecule has 1 unspecified atom stereocenters. The zero-order chi connectivity index (χ0) is 12.8. The Balaban J connectivity index is 2.01. The first-order valence-corrected chi connectivity index (χ1v) is 8.13. The van der Waals surface area contributed by atoms with E-state index in [2.05, 4.69) is 60.9 Å². The van der Waals surface area contributed by atoms with E-state index in [1.54, 1.807) is 0 Å². The topological polar surface area (TPSA) is 12.0 Å². The summed E-state index contributed by atoms with van der Waals surface area (Å²) in [5.74, 6) is 1.08. The Kier molecular flexibility index (Phi) is 5.29. The van der Waals surface area contributed by atoms with E-state index >= 15 is 0 Å². The number of hydrogen-bond acceptors (Lipinski definition) is 3. The van der Waals surface area contributed by atoms with Gasteiger partial charge in [-0.05, 0) is 42.6 Å². The molecule has 1 aromatic carbocycles. The van der Waals surface area contributed by atoms with Crippen molar-refractivity contribution in [3.05, 3.63) is 52.2 Å². The molecule has 0 aliphatic rings. The number of rotatable bonds is 6. The fraction of sp³-hybridized carbons (Fsp3) is 0.333. The molecular formula is C15H19NS2. The molecule has 0 aliphatic carbocycles. The van der Waals surface area contributed by atoms with Gasteiger partial charge in [-0.15, -0.1) is 23.1 Å². The Morgan fingerprint density at radius 1 is 1.22 bits per heavy atom. The lowest BCUT2D eigenvalue weighted by Gasteiger charge is -2.17. The van der Waals surface area contributed by atoms with Crippen LogP contribution in [-0.4, -0.2) is 12.3 Å². The number of benzene rings is 1. The first-order valence-electron chi connectivity index (χ1n) is 6.26. The van der Waals surface area contributed by atoms with Crippen molar-refractivity contribution in [2.45, 2.75) is 24.8 Å². The van der Waals surface area contributed by atoms with Gasteiger partial charge in [0.2, 0.25) is 0 Å². The summed E-state index contributed by atoms with van der Waals surface area (Å²) in [7, 11) is 0. The Labute approximate surface area is 118 Å². The molecule has 1 heterocycles. The molecule has 1 atom stereocenters. The van der Waals surface area contributed by atoms with E-state index < -0.39 is 0 Å². The average Bonchev–Trinajstić information content (AvgIpc) is 2.82. The summed E-state index contributed by atoms with van der Waals surface area (Å²) >= 11 is 3.75. The van der Waals surface area contributed by atoms with Crippen LogP contribution in [0.1, 0.15) is 23.4 Å². The lowest BCUT2D eigenvalue weighted by Crippen LogP contribution is -2.23. The van der Waals surface area contributed by atoms with E-state index in [1.165, 1.54) is 15.3 Å². The monoisotopic (exact) mass is 277 g/mol. The van der Waals surface area contributed by atoms with Crippen molar-refractivity contribution in [1.82, 2.24) is 5.32 Å². The molecule has 0 saturated carbocycles. The number of thioether (sulfide) groups is 1. The van der Waals surface area contributed by atoms with E-state index in [0.29, 0.717) is 6.04 Å². The average molecular weight is 277 g/mol. The Bertz CT molecular complexity index is 464. The first kappa shape index (κ1) is 13.7. The van der Waals surface area contributed by atoms with Crippen molar-refractivity contribution < 1.29 is 0 Å². The van der Waals surface area contributed by atoms with Gasteiger partial charge in [0.15, 0.2) is 0 Å². The quantitative estimate of drug-likeness (QED) is 0.780. The van der Waals surface area contributed by atoms with Crippen molar-refractivity contribution in [3.8, 4) is 0 Å². The van der Waals surface area contributed by atoms with Gasteiger partial charge in [0, 0.05) is 21.6 Å². The van der Waals surface area contributed by atoms with E-state index in [1.807, 2.05) is 23.1 Å². The zero-order valence-corrected chi connectivity index (χ0v) is 12.5. The number of hydrogen-bond donors (Lipinski definition) is 1. The van der Waals surface area contributed by atoms with Crippen LogP contribution in [0.25, 0.3) is 0 Å². The summed E-state index contributed by atoms with van der Waals surface area (Å²) in [5.41, 5.74) is 1.45. The van der Waals surface area contributed by atoms with Crippen LogP contribution >= 0.6 is 23.1 Å². The molecule has 0 amide bonds. The van der Waals surface area contributed by atoms with Crippen LogP contribution in [0.3, 0.4) is 0 Å². The molecule has 0 radical (unpaired) electrons. The molecule has 96 valence electrons. The van der Waals surface area contributed by atoms with Crippen molar-refractivity contribution >= 4 is 23.1 Å². The lowest BCUT2D eigenvalue weighted by atomic mass is 10.1. The predicted molar refractivity (Wildman–Crippen MR) is 82.6 cm³/mol. The molecule has 1 N–H and O–H groups in total. The second-order valence-corrected chi connectivity index (χ2v) is 6.38. The van der Waals surface area contributed by atoms with Crippen molar-refractivity contribution in [2.24, 2.45) is 0 Å². The summed E-state index contributed by atoms with van der Waals surface area (Å²) < 4.78 is 0. The normalized spacial score (nSPS) is 12.6. The van der Waals surface area contributed by atoms with Gasteiger partial charge in [-0.2, -0.15) is 0 Å². The van der Waals surface area contributed by atoms with Crippen LogP contribution in [0.4, 0.5) is 0 Å². The van der Waals surface area contributed by atoms with Crippen molar-refractivity contribution in [3.63, 3.8) is 0 Å². The summed E-state index contributed by atoms with van der Waals surface area (Å²) in [6.07, 6.45) is 0. The summed E-state index contributed by atoms with van der Waals surface area (Å²) in [6.45, 7) is 5.38. The predicted octanol–water partition coefficient (Wildman–Crippen LogP) is 4.50. The summed E-state index contributed by atoms with van der Waals surface area (Å²) in [4.78, 5) is 2.77. The summed E-state index contributed by atoms with van der Waals surface area (Å²) in [6, 6.07) is 13.3. The molecule has 0 bridgehead atoms. The highest BCUT2D eigenvalue weighted by Gasteiger charge is 2.13. The van der Waals surface area contributed by atoms with E-state index in [4.69, 9.17) is 0 Å². The van der Waals surface area contributed by atoms with E-state index in [0.717, 1.165) is 12.3 Å². The van der Waals surface area contributed by atoms with Gasteiger partial charge in [0.1, 0.15) is 0 Å². The van der Waals surface area contributed by atoms with E-state index in [-0.39, 0.29) is 0 Å². The third kappa shape index (κ3) is 3.61. The minimum Gasteiger partial charge on any atom is -0.309 e. The van der Waals surface area contributed by atoms with Crippen LogP contribution in [0.5, 0.6) is 0 Å². The van der Waals surface area contributed by atoms with Gasteiger partial charge < -0.3 is 5.32 Å². The molecule has 18 heavy (non-hydrogen) atoms.